The molecule has 2 heterocycles. The smallest absolute Gasteiger partial charge is 0.191 e. The van der Waals surface area contributed by atoms with Crippen LogP contribution in [0.5, 0.6) is 0 Å². The highest BCUT2D eigenvalue weighted by Gasteiger charge is 2.59. The molecule has 0 bridgehead atoms. The lowest BCUT2D eigenvalue weighted by atomic mass is 9.57. The van der Waals surface area contributed by atoms with Gasteiger partial charge in [-0.1, -0.05) is 38.1 Å². The van der Waals surface area contributed by atoms with Crippen molar-refractivity contribution < 1.29 is 9.47 Å². The highest BCUT2D eigenvalue weighted by atomic mass is 127. The number of morpholine rings is 1. The van der Waals surface area contributed by atoms with Crippen molar-refractivity contribution in [3.63, 3.8) is 0 Å². The van der Waals surface area contributed by atoms with Crippen LogP contribution in [-0.4, -0.2) is 62.5 Å². The van der Waals surface area contributed by atoms with Gasteiger partial charge in [0.15, 0.2) is 5.96 Å². The first kappa shape index (κ1) is 23.8. The molecule has 4 rings (SSSR count). The van der Waals surface area contributed by atoms with Gasteiger partial charge in [-0.25, -0.2) is 4.99 Å². The van der Waals surface area contributed by atoms with Crippen molar-refractivity contribution in [3.8, 4) is 0 Å². The van der Waals surface area contributed by atoms with Crippen molar-refractivity contribution in [1.82, 2.24) is 15.5 Å². The fraction of sp³-hybridized carbons (Fsp3) is 0.696. The highest BCUT2D eigenvalue weighted by molar-refractivity contribution is 14.0. The van der Waals surface area contributed by atoms with Gasteiger partial charge in [-0.15, -0.1) is 24.0 Å². The van der Waals surface area contributed by atoms with E-state index in [0.29, 0.717) is 24.6 Å². The zero-order valence-electron chi connectivity index (χ0n) is 18.5. The molecule has 3 aliphatic rings. The van der Waals surface area contributed by atoms with Crippen molar-refractivity contribution in [2.24, 2.45) is 16.3 Å². The number of nitrogens with one attached hydrogen (secondary N) is 2. The summed E-state index contributed by atoms with van der Waals surface area (Å²) in [5.74, 6) is 1.51. The van der Waals surface area contributed by atoms with Gasteiger partial charge in [-0.05, 0) is 24.5 Å². The third-order valence-electron chi connectivity index (χ3n) is 6.76. The van der Waals surface area contributed by atoms with Crippen LogP contribution < -0.4 is 10.6 Å². The number of aliphatic imine (C=N–C) groups is 1. The molecule has 3 fully saturated rings. The Morgan fingerprint density at radius 2 is 1.90 bits per heavy atom. The van der Waals surface area contributed by atoms with Gasteiger partial charge < -0.3 is 20.1 Å². The van der Waals surface area contributed by atoms with Gasteiger partial charge in [0.25, 0.3) is 0 Å². The Labute approximate surface area is 198 Å². The lowest BCUT2D eigenvalue weighted by molar-refractivity contribution is -0.106. The third kappa shape index (κ3) is 5.11. The van der Waals surface area contributed by atoms with Gasteiger partial charge >= 0.3 is 0 Å². The van der Waals surface area contributed by atoms with Crippen LogP contribution >= 0.6 is 24.0 Å². The average Bonchev–Trinajstić information content (AvgIpc) is 3.19. The Morgan fingerprint density at radius 1 is 1.17 bits per heavy atom. The molecule has 1 saturated carbocycles. The number of nitrogens with zero attached hydrogens (tertiary/aromatic N) is 2. The van der Waals surface area contributed by atoms with E-state index >= 15 is 0 Å². The number of rotatable bonds is 6. The molecule has 2 aliphatic heterocycles. The summed E-state index contributed by atoms with van der Waals surface area (Å²) in [5, 5.41) is 7.16. The van der Waals surface area contributed by atoms with Gasteiger partial charge in [0.2, 0.25) is 0 Å². The summed E-state index contributed by atoms with van der Waals surface area (Å²) in [6.45, 7) is 13.8. The van der Waals surface area contributed by atoms with Gasteiger partial charge in [-0.2, -0.15) is 0 Å². The molecule has 2 saturated heterocycles. The first-order valence-electron chi connectivity index (χ1n) is 11.1. The van der Waals surface area contributed by atoms with E-state index in [0.717, 1.165) is 58.4 Å². The van der Waals surface area contributed by atoms with Gasteiger partial charge in [0.05, 0.1) is 25.9 Å². The van der Waals surface area contributed by atoms with Crippen LogP contribution in [0.3, 0.4) is 0 Å². The molecule has 3 unspecified atom stereocenters. The highest BCUT2D eigenvalue weighted by Crippen LogP contribution is 2.52. The summed E-state index contributed by atoms with van der Waals surface area (Å²) in [5.41, 5.74) is 2.80. The zero-order valence-corrected chi connectivity index (χ0v) is 20.9. The predicted molar refractivity (Wildman–Crippen MR) is 131 cm³/mol. The lowest BCUT2D eigenvalue weighted by Gasteiger charge is -2.54. The van der Waals surface area contributed by atoms with Crippen LogP contribution in [0.25, 0.3) is 0 Å². The fourth-order valence-electron chi connectivity index (χ4n) is 5.11. The van der Waals surface area contributed by atoms with E-state index in [2.05, 4.69) is 60.6 Å². The maximum Gasteiger partial charge on any atom is 0.191 e. The molecule has 0 spiro atoms. The molecule has 1 aliphatic carbocycles. The van der Waals surface area contributed by atoms with E-state index in [4.69, 9.17) is 14.5 Å². The molecule has 2 N–H and O–H groups in total. The summed E-state index contributed by atoms with van der Waals surface area (Å²) in [7, 11) is 0. The summed E-state index contributed by atoms with van der Waals surface area (Å²) in [6.07, 6.45) is 1.53. The van der Waals surface area contributed by atoms with Crippen LogP contribution in [0.4, 0.5) is 0 Å². The molecular weight excluding hydrogens is 491 g/mol. The lowest BCUT2D eigenvalue weighted by Crippen LogP contribution is -2.67. The quantitative estimate of drug-likeness (QED) is 0.338. The minimum atomic E-state index is 0. The molecule has 3 atom stereocenters. The van der Waals surface area contributed by atoms with Crippen LogP contribution in [0, 0.1) is 11.3 Å². The number of halogens is 1. The average molecular weight is 528 g/mol. The normalized spacial score (nSPS) is 28.2. The minimum Gasteiger partial charge on any atom is -0.379 e. The summed E-state index contributed by atoms with van der Waals surface area (Å²) >= 11 is 0. The topological polar surface area (TPSA) is 58.1 Å². The van der Waals surface area contributed by atoms with E-state index in [1.165, 1.54) is 11.1 Å². The van der Waals surface area contributed by atoms with Crippen molar-refractivity contribution in [3.05, 3.63) is 35.4 Å². The number of fused-ring (bicyclic) bond motifs is 1. The molecule has 30 heavy (non-hydrogen) atoms. The largest absolute Gasteiger partial charge is 0.379 e. The molecular formula is C23H37IN4O2. The number of guanidine groups is 1. The molecule has 1 aromatic carbocycles. The number of hydrogen-bond acceptors (Lipinski definition) is 4. The minimum absolute atomic E-state index is 0. The summed E-state index contributed by atoms with van der Waals surface area (Å²) < 4.78 is 11.4. The van der Waals surface area contributed by atoms with E-state index < -0.39 is 0 Å². The first-order chi connectivity index (χ1) is 14.1. The van der Waals surface area contributed by atoms with Crippen LogP contribution in [0.1, 0.15) is 38.3 Å². The number of ether oxygens (including phenoxy) is 2. The van der Waals surface area contributed by atoms with E-state index in [1.807, 2.05) is 0 Å². The molecule has 168 valence electrons. The third-order valence-corrected chi connectivity index (χ3v) is 6.76. The maximum absolute atomic E-state index is 5.94. The Morgan fingerprint density at radius 3 is 2.63 bits per heavy atom. The Hall–Kier alpha value is -0.900. The Balaban J connectivity index is 0.00000256. The second-order valence-electron chi connectivity index (χ2n) is 9.04. The predicted octanol–water partition coefficient (Wildman–Crippen LogP) is 3.01. The maximum atomic E-state index is 5.94. The van der Waals surface area contributed by atoms with Crippen molar-refractivity contribution >= 4 is 29.9 Å². The number of benzene rings is 1. The molecule has 0 amide bonds. The zero-order chi connectivity index (χ0) is 20.3. The Bertz CT molecular complexity index is 721. The van der Waals surface area contributed by atoms with Gasteiger partial charge in [0.1, 0.15) is 0 Å². The second-order valence-corrected chi connectivity index (χ2v) is 9.04. The molecule has 0 aromatic heterocycles. The second kappa shape index (κ2) is 10.6. The molecule has 7 heteroatoms. The summed E-state index contributed by atoms with van der Waals surface area (Å²) in [4.78, 5) is 7.41. The van der Waals surface area contributed by atoms with E-state index in [9.17, 15) is 0 Å². The van der Waals surface area contributed by atoms with Gasteiger partial charge in [0, 0.05) is 50.2 Å². The van der Waals surface area contributed by atoms with Crippen molar-refractivity contribution in [2.45, 2.75) is 52.4 Å². The van der Waals surface area contributed by atoms with Crippen molar-refractivity contribution in [2.75, 3.05) is 39.5 Å². The molecule has 6 nitrogen and oxygen atoms in total. The van der Waals surface area contributed by atoms with E-state index in [1.54, 1.807) is 0 Å². The molecule has 0 radical (unpaired) electrons. The molecule has 1 aromatic rings. The van der Waals surface area contributed by atoms with Crippen LogP contribution in [-0.2, 0) is 22.6 Å². The van der Waals surface area contributed by atoms with E-state index in [-0.39, 0.29) is 29.4 Å². The SMILES string of the molecule is CCNC(=NCc1ccccc1CN1CCOCC1)NC1C2CCOC2C1(C)C.I. The number of hydrogen-bond donors (Lipinski definition) is 2. The summed E-state index contributed by atoms with van der Waals surface area (Å²) in [6, 6.07) is 9.09. The van der Waals surface area contributed by atoms with Gasteiger partial charge in [-0.3, -0.25) is 4.90 Å². The van der Waals surface area contributed by atoms with Crippen LogP contribution in [0.15, 0.2) is 29.3 Å². The van der Waals surface area contributed by atoms with Crippen molar-refractivity contribution in [1.29, 1.82) is 0 Å². The van der Waals surface area contributed by atoms with Crippen LogP contribution in [0.2, 0.25) is 0 Å². The standard InChI is InChI=1S/C23H36N4O2.HI/c1-4-24-22(26-20-19-9-12-29-21(19)23(20,2)3)25-15-17-7-5-6-8-18(17)16-27-10-13-28-14-11-27;/h5-8,19-21H,4,9-16H2,1-3H3,(H2,24,25,26);1H. The fourth-order valence-corrected chi connectivity index (χ4v) is 5.11. The monoisotopic (exact) mass is 528 g/mol. The first-order valence-corrected chi connectivity index (χ1v) is 11.1. The Kier molecular flexibility index (Phi) is 8.40.